The van der Waals surface area contributed by atoms with Gasteiger partial charge >= 0.3 is 0 Å². The quantitative estimate of drug-likeness (QED) is 0.425. The molecule has 4 aliphatic carbocycles. The number of fused-ring (bicyclic) bond motifs is 5. The molecule has 0 aliphatic heterocycles. The molecule has 3 fully saturated rings. The van der Waals surface area contributed by atoms with Crippen LogP contribution in [0.4, 0.5) is 0 Å². The lowest BCUT2D eigenvalue weighted by atomic mass is 9.47. The summed E-state index contributed by atoms with van der Waals surface area (Å²) in [6.07, 6.45) is 17.4. The third-order valence-electron chi connectivity index (χ3n) is 10.2. The minimum atomic E-state index is -0.0905. The Kier molecular flexibility index (Phi) is 6.02. The van der Waals surface area contributed by atoms with Crippen molar-refractivity contribution in [3.63, 3.8) is 0 Å². The van der Waals surface area contributed by atoms with Gasteiger partial charge in [0.25, 0.3) is 0 Å². The molecule has 2 nitrogen and oxygen atoms in total. The fourth-order valence-electron chi connectivity index (χ4n) is 8.57. The minimum absolute atomic E-state index is 0.0905. The number of hydrogen-bond acceptors (Lipinski definition) is 2. The minimum Gasteiger partial charge on any atom is -0.396 e. The highest BCUT2D eigenvalue weighted by molar-refractivity contribution is 5.25. The molecule has 0 amide bonds. The molecule has 0 spiro atoms. The summed E-state index contributed by atoms with van der Waals surface area (Å²) in [5, 5.41) is 19.2. The summed E-state index contributed by atoms with van der Waals surface area (Å²) in [6, 6.07) is 0. The summed E-state index contributed by atoms with van der Waals surface area (Å²) in [6.45, 7) is 8.07. The molecule has 2 heteroatoms. The van der Waals surface area contributed by atoms with Crippen LogP contribution in [0.25, 0.3) is 0 Å². The molecule has 0 radical (unpaired) electrons. The van der Waals surface area contributed by atoms with Gasteiger partial charge in [-0.3, -0.25) is 0 Å². The monoisotopic (exact) mass is 388 g/mol. The van der Waals surface area contributed by atoms with E-state index in [1.807, 2.05) is 0 Å². The van der Waals surface area contributed by atoms with Crippen LogP contribution < -0.4 is 0 Å². The molecular formula is C26H44O2. The van der Waals surface area contributed by atoms with Crippen molar-refractivity contribution < 1.29 is 10.2 Å². The van der Waals surface area contributed by atoms with Gasteiger partial charge in [-0.25, -0.2) is 0 Å². The second kappa shape index (κ2) is 8.06. The van der Waals surface area contributed by atoms with Crippen molar-refractivity contribution in [1.29, 1.82) is 0 Å². The van der Waals surface area contributed by atoms with Gasteiger partial charge in [0, 0.05) is 6.61 Å². The van der Waals surface area contributed by atoms with E-state index in [-0.39, 0.29) is 6.10 Å². The molecule has 160 valence electrons. The number of hydrogen-bond donors (Lipinski definition) is 2. The molecule has 1 unspecified atom stereocenters. The Bertz CT molecular complexity index is 583. The van der Waals surface area contributed by atoms with E-state index >= 15 is 0 Å². The van der Waals surface area contributed by atoms with Crippen LogP contribution in [0, 0.1) is 40.4 Å². The predicted octanol–water partition coefficient (Wildman–Crippen LogP) is 6.12. The van der Waals surface area contributed by atoms with E-state index in [0.29, 0.717) is 17.4 Å². The second-order valence-corrected chi connectivity index (χ2v) is 11.4. The van der Waals surface area contributed by atoms with Crippen molar-refractivity contribution in [2.24, 2.45) is 40.4 Å². The molecule has 0 heterocycles. The second-order valence-electron chi connectivity index (χ2n) is 11.4. The smallest absolute Gasteiger partial charge is 0.0577 e. The number of rotatable bonds is 6. The van der Waals surface area contributed by atoms with Crippen molar-refractivity contribution >= 4 is 0 Å². The van der Waals surface area contributed by atoms with Gasteiger partial charge in [-0.15, -0.1) is 0 Å². The Morgan fingerprint density at radius 3 is 2.64 bits per heavy atom. The van der Waals surface area contributed by atoms with Crippen LogP contribution in [0.2, 0.25) is 0 Å². The summed E-state index contributed by atoms with van der Waals surface area (Å²) in [4.78, 5) is 0. The average Bonchev–Trinajstić information content (AvgIpc) is 3.03. The third kappa shape index (κ3) is 3.41. The molecule has 0 saturated heterocycles. The summed E-state index contributed by atoms with van der Waals surface area (Å²) in [5.74, 6) is 4.39. The highest BCUT2D eigenvalue weighted by Gasteiger charge is 2.59. The summed E-state index contributed by atoms with van der Waals surface area (Å²) >= 11 is 0. The molecule has 0 bridgehead atoms. The molecule has 8 atom stereocenters. The number of aliphatic hydroxyl groups is 2. The SMILES string of the molecule is C[C@H](CCCCCO)C1CC[C@H]2[C@@H]3CC=C4C[C@@H](O)CC[C@]4(C)[C@H]3CC[C@]12C. The van der Waals surface area contributed by atoms with Crippen LogP contribution in [-0.4, -0.2) is 22.9 Å². The Hall–Kier alpha value is -0.340. The summed E-state index contributed by atoms with van der Waals surface area (Å²) in [7, 11) is 0. The van der Waals surface area contributed by atoms with Gasteiger partial charge in [0.15, 0.2) is 0 Å². The molecular weight excluding hydrogens is 344 g/mol. The van der Waals surface area contributed by atoms with Crippen LogP contribution in [0.1, 0.15) is 97.8 Å². The fourth-order valence-corrected chi connectivity index (χ4v) is 8.57. The lowest BCUT2D eigenvalue weighted by Gasteiger charge is -2.58. The van der Waals surface area contributed by atoms with Crippen LogP contribution >= 0.6 is 0 Å². The Morgan fingerprint density at radius 1 is 1.04 bits per heavy atom. The number of aliphatic hydroxyl groups excluding tert-OH is 2. The molecule has 3 saturated carbocycles. The predicted molar refractivity (Wildman–Crippen MR) is 116 cm³/mol. The normalized spacial score (nSPS) is 46.3. The van der Waals surface area contributed by atoms with Crippen molar-refractivity contribution in [3.05, 3.63) is 11.6 Å². The first kappa shape index (κ1) is 20.9. The van der Waals surface area contributed by atoms with Crippen molar-refractivity contribution in [1.82, 2.24) is 0 Å². The van der Waals surface area contributed by atoms with Gasteiger partial charge in [0.05, 0.1) is 6.10 Å². The topological polar surface area (TPSA) is 40.5 Å². The van der Waals surface area contributed by atoms with Gasteiger partial charge in [-0.05, 0) is 98.2 Å². The van der Waals surface area contributed by atoms with E-state index in [4.69, 9.17) is 5.11 Å². The highest BCUT2D eigenvalue weighted by Crippen LogP contribution is 2.67. The van der Waals surface area contributed by atoms with E-state index in [1.165, 1.54) is 57.8 Å². The van der Waals surface area contributed by atoms with E-state index in [2.05, 4.69) is 26.8 Å². The van der Waals surface area contributed by atoms with Gasteiger partial charge in [0.1, 0.15) is 0 Å². The Balaban J connectivity index is 1.47. The zero-order valence-electron chi connectivity index (χ0n) is 18.6. The van der Waals surface area contributed by atoms with E-state index in [0.717, 1.165) is 48.9 Å². The largest absolute Gasteiger partial charge is 0.396 e. The summed E-state index contributed by atoms with van der Waals surface area (Å²) < 4.78 is 0. The van der Waals surface area contributed by atoms with Crippen molar-refractivity contribution in [3.8, 4) is 0 Å². The standard InChI is InChI=1S/C26H44O2/c1-18(7-5-4-6-16-27)22-10-11-23-21-9-8-19-17-20(28)12-14-25(19,2)24(21)13-15-26(22,23)3/h8,18,20-24,27-28H,4-7,9-17H2,1-3H3/t18-,20+,21+,22?,23+,24+,25+,26-/m1/s1. The van der Waals surface area contributed by atoms with E-state index in [1.54, 1.807) is 5.57 Å². The number of allylic oxidation sites excluding steroid dienone is 1. The third-order valence-corrected chi connectivity index (χ3v) is 10.2. The van der Waals surface area contributed by atoms with Gasteiger partial charge < -0.3 is 10.2 Å². The maximum atomic E-state index is 10.2. The molecule has 0 aromatic heterocycles. The first-order valence-corrected chi connectivity index (χ1v) is 12.4. The zero-order valence-corrected chi connectivity index (χ0v) is 18.6. The van der Waals surface area contributed by atoms with Crippen molar-refractivity contribution in [2.45, 2.75) is 104 Å². The van der Waals surface area contributed by atoms with Crippen LogP contribution in [-0.2, 0) is 0 Å². The maximum Gasteiger partial charge on any atom is 0.0577 e. The molecule has 4 aliphatic rings. The van der Waals surface area contributed by atoms with Crippen LogP contribution in [0.3, 0.4) is 0 Å². The highest BCUT2D eigenvalue weighted by atomic mass is 16.3. The summed E-state index contributed by atoms with van der Waals surface area (Å²) in [5.41, 5.74) is 2.52. The van der Waals surface area contributed by atoms with Crippen molar-refractivity contribution in [2.75, 3.05) is 6.61 Å². The molecule has 4 rings (SSSR count). The average molecular weight is 389 g/mol. The van der Waals surface area contributed by atoms with Crippen LogP contribution in [0.5, 0.6) is 0 Å². The number of unbranched alkanes of at least 4 members (excludes halogenated alkanes) is 2. The lowest BCUT2D eigenvalue weighted by Crippen LogP contribution is -2.50. The Morgan fingerprint density at radius 2 is 1.86 bits per heavy atom. The molecule has 2 N–H and O–H groups in total. The van der Waals surface area contributed by atoms with Crippen LogP contribution in [0.15, 0.2) is 11.6 Å². The first-order chi connectivity index (χ1) is 13.4. The fraction of sp³-hybridized carbons (Fsp3) is 0.923. The van der Waals surface area contributed by atoms with Gasteiger partial charge in [-0.2, -0.15) is 0 Å². The lowest BCUT2D eigenvalue weighted by molar-refractivity contribution is -0.0572. The van der Waals surface area contributed by atoms with E-state index < -0.39 is 0 Å². The van der Waals surface area contributed by atoms with Gasteiger partial charge in [-0.1, -0.05) is 51.7 Å². The molecule has 0 aromatic carbocycles. The Labute approximate surface area is 173 Å². The maximum absolute atomic E-state index is 10.2. The molecule has 28 heavy (non-hydrogen) atoms. The first-order valence-electron chi connectivity index (χ1n) is 12.4. The van der Waals surface area contributed by atoms with Gasteiger partial charge in [0.2, 0.25) is 0 Å². The van der Waals surface area contributed by atoms with E-state index in [9.17, 15) is 5.11 Å². The molecule has 0 aromatic rings. The zero-order chi connectivity index (χ0) is 19.9.